The Labute approximate surface area is 345 Å². The van der Waals surface area contributed by atoms with Gasteiger partial charge in [-0.15, -0.1) is 0 Å². The van der Waals surface area contributed by atoms with E-state index in [1.165, 1.54) is 10.8 Å². The van der Waals surface area contributed by atoms with E-state index in [1.54, 1.807) is 0 Å². The molecule has 8 nitrogen and oxygen atoms in total. The van der Waals surface area contributed by atoms with Crippen molar-refractivity contribution in [3.05, 3.63) is 194 Å². The highest BCUT2D eigenvalue weighted by atomic mass is 16.2. The molecule has 2 atom stereocenters. The minimum Gasteiger partial charge on any atom is -0.344 e. The molecule has 0 saturated carbocycles. The molecule has 0 radical (unpaired) electrons. The number of hydrogen-bond acceptors (Lipinski definition) is 2. The fourth-order valence-electron chi connectivity index (χ4n) is 7.86. The fourth-order valence-corrected chi connectivity index (χ4v) is 7.86. The molecule has 4 aromatic heterocycles. The van der Waals surface area contributed by atoms with Gasteiger partial charge in [-0.2, -0.15) is 9.13 Å². The van der Waals surface area contributed by atoms with Crippen LogP contribution in [0.3, 0.4) is 0 Å². The van der Waals surface area contributed by atoms with E-state index in [9.17, 15) is 9.59 Å². The first-order valence-electron chi connectivity index (χ1n) is 20.4. The van der Waals surface area contributed by atoms with Crippen molar-refractivity contribution in [2.75, 3.05) is 0 Å². The Bertz CT molecular complexity index is 2500. The van der Waals surface area contributed by atoms with Crippen LogP contribution in [0, 0.1) is 0 Å². The summed E-state index contributed by atoms with van der Waals surface area (Å²) in [6.45, 7) is 6.39. The number of aryl methyl sites for hydroxylation is 2. The van der Waals surface area contributed by atoms with Crippen molar-refractivity contribution in [3.63, 3.8) is 0 Å². The topological polar surface area (TPSA) is 73.7 Å². The minimum atomic E-state index is -0.0937. The summed E-state index contributed by atoms with van der Waals surface area (Å²) in [5.74, 6) is -0.0463. The molecule has 8 aromatic rings. The van der Waals surface area contributed by atoms with Gasteiger partial charge in [-0.25, -0.2) is 9.13 Å². The predicted molar refractivity (Wildman–Crippen MR) is 230 cm³/mol. The second-order valence-electron chi connectivity index (χ2n) is 15.2. The highest BCUT2D eigenvalue weighted by Gasteiger charge is 2.18. The van der Waals surface area contributed by atoms with Crippen LogP contribution in [0.2, 0.25) is 0 Å². The van der Waals surface area contributed by atoms with Gasteiger partial charge in [0, 0.05) is 48.5 Å². The summed E-state index contributed by atoms with van der Waals surface area (Å²) in [6, 6.07) is 45.6. The number of aromatic nitrogens is 4. The fraction of sp³-hybridized carbons (Fsp3) is 0.176. The molecule has 0 fully saturated rings. The van der Waals surface area contributed by atoms with Crippen LogP contribution in [0.15, 0.2) is 183 Å². The molecular formula is C51H50N6O2+4. The minimum absolute atomic E-state index is 0.0232. The molecule has 2 N–H and O–H groups in total. The largest absolute Gasteiger partial charge is 0.344 e. The highest BCUT2D eigenvalue weighted by Crippen LogP contribution is 2.25. The van der Waals surface area contributed by atoms with Gasteiger partial charge in [0.25, 0.3) is 11.8 Å². The molecule has 8 rings (SSSR count). The lowest BCUT2D eigenvalue weighted by Crippen LogP contribution is -2.43. The van der Waals surface area contributed by atoms with E-state index < -0.39 is 0 Å². The van der Waals surface area contributed by atoms with Gasteiger partial charge < -0.3 is 10.6 Å². The SMILES string of the molecule is C[C@H](NC(=O)C[n+]1ccc(-c2cc[n+](CCC[n+]3ccc(-c4cc[n+](CC(=O)N[C@H](C)c5cccc6ccccc56)cc4)cc3)cc2)cc1)c1cccc2ccccc12. The molecule has 0 bridgehead atoms. The number of benzene rings is 4. The van der Waals surface area contributed by atoms with Crippen LogP contribution in [-0.2, 0) is 35.8 Å². The van der Waals surface area contributed by atoms with Gasteiger partial charge in [-0.1, -0.05) is 84.9 Å². The van der Waals surface area contributed by atoms with Crippen LogP contribution >= 0.6 is 0 Å². The summed E-state index contributed by atoms with van der Waals surface area (Å²) in [6.07, 6.45) is 17.4. The molecule has 0 unspecified atom stereocenters. The third-order valence-corrected chi connectivity index (χ3v) is 11.1. The maximum absolute atomic E-state index is 12.9. The number of hydrogen-bond donors (Lipinski definition) is 2. The van der Waals surface area contributed by atoms with Gasteiger partial charge in [0.05, 0.1) is 18.5 Å². The molecule has 59 heavy (non-hydrogen) atoms. The van der Waals surface area contributed by atoms with E-state index in [0.29, 0.717) is 0 Å². The number of rotatable bonds is 14. The average molecular weight is 779 g/mol. The normalized spacial score (nSPS) is 12.2. The molecule has 4 aromatic carbocycles. The second-order valence-corrected chi connectivity index (χ2v) is 15.2. The van der Waals surface area contributed by atoms with Gasteiger partial charge in [-0.3, -0.25) is 9.59 Å². The summed E-state index contributed by atoms with van der Waals surface area (Å²) in [7, 11) is 0. The molecular weight excluding hydrogens is 729 g/mol. The number of nitrogens with zero attached hydrogens (tertiary/aromatic N) is 4. The molecule has 0 saturated heterocycles. The standard InChI is InChI=1S/C51H48N6O2/c1-38(46-16-7-12-44-10-3-5-14-48(44)46)52-50(58)36-56-32-22-42(23-33-56)40-18-28-54(29-19-40)26-9-27-55-30-20-41(21-31-55)43-24-34-57(35-25-43)37-51(59)53-39(2)47-17-8-13-45-11-4-6-15-49(45)47/h3-8,10-25,28-35,38-39H,9,26-27,36-37H2,1-2H3/q+2/p+2/t38-,39+. The third kappa shape index (κ3) is 9.57. The maximum atomic E-state index is 12.9. The van der Waals surface area contributed by atoms with Gasteiger partial charge in [0.15, 0.2) is 62.7 Å². The van der Waals surface area contributed by atoms with Gasteiger partial charge >= 0.3 is 0 Å². The predicted octanol–water partition coefficient (Wildman–Crippen LogP) is 7.32. The number of nitrogens with one attached hydrogen (secondary N) is 2. The molecule has 0 aliphatic carbocycles. The summed E-state index contributed by atoms with van der Waals surface area (Å²) >= 11 is 0. The van der Waals surface area contributed by atoms with Crippen molar-refractivity contribution in [2.45, 2.75) is 58.5 Å². The molecule has 4 heterocycles. The van der Waals surface area contributed by atoms with E-state index in [4.69, 9.17) is 0 Å². The zero-order valence-corrected chi connectivity index (χ0v) is 33.6. The maximum Gasteiger partial charge on any atom is 0.286 e. The lowest BCUT2D eigenvalue weighted by molar-refractivity contribution is -0.726. The molecule has 0 spiro atoms. The van der Waals surface area contributed by atoms with Crippen molar-refractivity contribution < 1.29 is 27.9 Å². The van der Waals surface area contributed by atoms with Crippen LogP contribution in [0.5, 0.6) is 0 Å². The van der Waals surface area contributed by atoms with E-state index in [2.05, 4.69) is 142 Å². The molecule has 292 valence electrons. The highest BCUT2D eigenvalue weighted by molar-refractivity contribution is 5.87. The molecule has 2 amide bonds. The summed E-state index contributed by atoms with van der Waals surface area (Å²) in [5.41, 5.74) is 6.72. The first-order valence-corrected chi connectivity index (χ1v) is 20.4. The van der Waals surface area contributed by atoms with Crippen molar-refractivity contribution >= 4 is 33.4 Å². The Morgan fingerprint density at radius 1 is 0.424 bits per heavy atom. The first-order chi connectivity index (χ1) is 28.9. The van der Waals surface area contributed by atoms with Crippen molar-refractivity contribution in [1.29, 1.82) is 0 Å². The first kappa shape index (κ1) is 38.8. The van der Waals surface area contributed by atoms with Crippen LogP contribution in [0.1, 0.15) is 43.5 Å². The van der Waals surface area contributed by atoms with E-state index in [0.717, 1.165) is 63.7 Å². The number of fused-ring (bicyclic) bond motifs is 2. The van der Waals surface area contributed by atoms with E-state index in [-0.39, 0.29) is 37.0 Å². The second kappa shape index (κ2) is 18.0. The number of pyridine rings is 4. The molecule has 0 aliphatic heterocycles. The number of amides is 2. The third-order valence-electron chi connectivity index (χ3n) is 11.1. The average Bonchev–Trinajstić information content (AvgIpc) is 3.27. The van der Waals surface area contributed by atoms with E-state index in [1.807, 2.05) is 84.2 Å². The van der Waals surface area contributed by atoms with Crippen molar-refractivity contribution in [3.8, 4) is 22.3 Å². The molecule has 8 heteroatoms. The Hall–Kier alpha value is -7.06. The van der Waals surface area contributed by atoms with E-state index >= 15 is 0 Å². The Kier molecular flexibility index (Phi) is 11.9. The quantitative estimate of drug-likeness (QED) is 0.114. The lowest BCUT2D eigenvalue weighted by atomic mass is 10.00. The number of carbonyl (C=O) groups excluding carboxylic acids is 2. The summed E-state index contributed by atoms with van der Waals surface area (Å²) < 4.78 is 8.25. The lowest BCUT2D eigenvalue weighted by Gasteiger charge is -2.15. The zero-order valence-electron chi connectivity index (χ0n) is 33.6. The van der Waals surface area contributed by atoms with Crippen LogP contribution in [0.4, 0.5) is 0 Å². The summed E-state index contributed by atoms with van der Waals surface area (Å²) in [5, 5.41) is 11.0. The van der Waals surface area contributed by atoms with Gasteiger partial charge in [-0.05, 0) is 68.8 Å². The van der Waals surface area contributed by atoms with Crippen molar-refractivity contribution in [1.82, 2.24) is 10.6 Å². The zero-order chi connectivity index (χ0) is 40.6. The van der Waals surface area contributed by atoms with Crippen LogP contribution in [0.25, 0.3) is 43.8 Å². The Balaban J connectivity index is 0.774. The smallest absolute Gasteiger partial charge is 0.286 e. The number of carbonyl (C=O) groups is 2. The van der Waals surface area contributed by atoms with Gasteiger partial charge in [0.1, 0.15) is 0 Å². The Morgan fingerprint density at radius 2 is 0.746 bits per heavy atom. The van der Waals surface area contributed by atoms with Gasteiger partial charge in [0.2, 0.25) is 13.1 Å². The summed E-state index contributed by atoms with van der Waals surface area (Å²) in [4.78, 5) is 25.9. The van der Waals surface area contributed by atoms with Crippen LogP contribution < -0.4 is 28.9 Å². The van der Waals surface area contributed by atoms with Crippen LogP contribution in [-0.4, -0.2) is 11.8 Å². The monoisotopic (exact) mass is 778 g/mol. The Morgan fingerprint density at radius 3 is 1.12 bits per heavy atom. The van der Waals surface area contributed by atoms with Crippen molar-refractivity contribution in [2.24, 2.45) is 0 Å². The molecule has 0 aliphatic rings.